The first-order valence-corrected chi connectivity index (χ1v) is 6.47. The van der Waals surface area contributed by atoms with Crippen LogP contribution < -0.4 is 4.72 Å². The number of imidazole rings is 1. The SMILES string of the molecule is Cc1n[nH]c(C)c1S(=O)(=O)NCc1cnc[nH]1. The van der Waals surface area contributed by atoms with Crippen LogP contribution in [0.3, 0.4) is 0 Å². The molecule has 0 atom stereocenters. The Bertz CT molecular complexity index is 580. The monoisotopic (exact) mass is 255 g/mol. The number of sulfonamides is 1. The molecule has 7 nitrogen and oxygen atoms in total. The third-order valence-corrected chi connectivity index (χ3v) is 4.00. The molecule has 0 spiro atoms. The molecule has 2 heterocycles. The van der Waals surface area contributed by atoms with E-state index in [1.807, 2.05) is 0 Å². The number of nitrogens with zero attached hydrogens (tertiary/aromatic N) is 2. The molecule has 17 heavy (non-hydrogen) atoms. The van der Waals surface area contributed by atoms with E-state index < -0.39 is 10.0 Å². The van der Waals surface area contributed by atoms with Crippen LogP contribution in [0.1, 0.15) is 17.1 Å². The lowest BCUT2D eigenvalue weighted by molar-refractivity contribution is 0.579. The third-order valence-electron chi connectivity index (χ3n) is 2.34. The van der Waals surface area contributed by atoms with E-state index in [0.29, 0.717) is 17.1 Å². The van der Waals surface area contributed by atoms with Crippen LogP contribution in [0, 0.1) is 13.8 Å². The van der Waals surface area contributed by atoms with E-state index >= 15 is 0 Å². The molecule has 0 amide bonds. The first-order valence-electron chi connectivity index (χ1n) is 4.99. The van der Waals surface area contributed by atoms with E-state index in [1.54, 1.807) is 20.0 Å². The van der Waals surface area contributed by atoms with Crippen molar-refractivity contribution in [3.8, 4) is 0 Å². The number of H-pyrrole nitrogens is 2. The number of nitrogens with one attached hydrogen (secondary N) is 3. The van der Waals surface area contributed by atoms with Gasteiger partial charge in [-0.25, -0.2) is 18.1 Å². The molecule has 8 heteroatoms. The Balaban J connectivity index is 2.20. The highest BCUT2D eigenvalue weighted by molar-refractivity contribution is 7.89. The van der Waals surface area contributed by atoms with Crippen LogP contribution in [0.5, 0.6) is 0 Å². The highest BCUT2D eigenvalue weighted by atomic mass is 32.2. The lowest BCUT2D eigenvalue weighted by atomic mass is 10.4. The van der Waals surface area contributed by atoms with Crippen molar-refractivity contribution >= 4 is 10.0 Å². The lowest BCUT2D eigenvalue weighted by Gasteiger charge is -2.05. The van der Waals surface area contributed by atoms with Crippen LogP contribution >= 0.6 is 0 Å². The van der Waals surface area contributed by atoms with Gasteiger partial charge in [0.15, 0.2) is 0 Å². The van der Waals surface area contributed by atoms with Gasteiger partial charge in [-0.1, -0.05) is 0 Å². The van der Waals surface area contributed by atoms with Crippen molar-refractivity contribution in [1.29, 1.82) is 0 Å². The summed E-state index contributed by atoms with van der Waals surface area (Å²) in [6, 6.07) is 0. The van der Waals surface area contributed by atoms with Gasteiger partial charge in [-0.3, -0.25) is 5.10 Å². The van der Waals surface area contributed by atoms with E-state index in [0.717, 1.165) is 0 Å². The molecule has 0 aliphatic heterocycles. The minimum atomic E-state index is -3.55. The predicted molar refractivity (Wildman–Crippen MR) is 60.7 cm³/mol. The van der Waals surface area contributed by atoms with Gasteiger partial charge in [0.1, 0.15) is 4.90 Å². The standard InChI is InChI=1S/C9H13N5O2S/c1-6-9(7(2)14-13-6)17(15,16)12-4-8-3-10-5-11-8/h3,5,12H,4H2,1-2H3,(H,10,11)(H,13,14). The third kappa shape index (κ3) is 2.37. The van der Waals surface area contributed by atoms with Crippen molar-refractivity contribution in [1.82, 2.24) is 24.9 Å². The van der Waals surface area contributed by atoms with Crippen LogP contribution in [-0.4, -0.2) is 28.6 Å². The minimum Gasteiger partial charge on any atom is -0.347 e. The molecule has 0 saturated heterocycles. The minimum absolute atomic E-state index is 0.173. The van der Waals surface area contributed by atoms with E-state index in [2.05, 4.69) is 24.9 Å². The van der Waals surface area contributed by atoms with E-state index in [4.69, 9.17) is 0 Å². The molecule has 0 unspecified atom stereocenters. The van der Waals surface area contributed by atoms with Gasteiger partial charge >= 0.3 is 0 Å². The molecule has 3 N–H and O–H groups in total. The second-order valence-corrected chi connectivity index (χ2v) is 5.37. The molecule has 0 aliphatic rings. The van der Waals surface area contributed by atoms with Crippen molar-refractivity contribution in [2.24, 2.45) is 0 Å². The summed E-state index contributed by atoms with van der Waals surface area (Å²) in [7, 11) is -3.55. The van der Waals surface area contributed by atoms with Crippen LogP contribution in [-0.2, 0) is 16.6 Å². The van der Waals surface area contributed by atoms with Gasteiger partial charge in [0.05, 0.1) is 24.3 Å². The number of hydrogen-bond donors (Lipinski definition) is 3. The maximum atomic E-state index is 12.0. The van der Waals surface area contributed by atoms with Gasteiger partial charge in [0.25, 0.3) is 0 Å². The molecule has 0 radical (unpaired) electrons. The van der Waals surface area contributed by atoms with E-state index in [1.165, 1.54) is 6.33 Å². The lowest BCUT2D eigenvalue weighted by Crippen LogP contribution is -2.24. The molecule has 0 fully saturated rings. The number of hydrogen-bond acceptors (Lipinski definition) is 4. The molecule has 0 bridgehead atoms. The van der Waals surface area contributed by atoms with Crippen molar-refractivity contribution in [3.63, 3.8) is 0 Å². The Kier molecular flexibility index (Phi) is 2.99. The maximum Gasteiger partial charge on any atom is 0.244 e. The summed E-state index contributed by atoms with van der Waals surface area (Å²) < 4.78 is 26.5. The van der Waals surface area contributed by atoms with Gasteiger partial charge in [-0.2, -0.15) is 5.10 Å². The normalized spacial score (nSPS) is 11.9. The van der Waals surface area contributed by atoms with Gasteiger partial charge in [0.2, 0.25) is 10.0 Å². The van der Waals surface area contributed by atoms with Gasteiger partial charge in [-0.05, 0) is 13.8 Å². The summed E-state index contributed by atoms with van der Waals surface area (Å²) in [6.07, 6.45) is 3.07. The summed E-state index contributed by atoms with van der Waals surface area (Å²) in [6.45, 7) is 3.49. The first-order chi connectivity index (χ1) is 8.00. The predicted octanol–water partition coefficient (Wildman–Crippen LogP) is 0.228. The summed E-state index contributed by atoms with van der Waals surface area (Å²) >= 11 is 0. The Morgan fingerprint density at radius 1 is 1.41 bits per heavy atom. The van der Waals surface area contributed by atoms with Crippen molar-refractivity contribution < 1.29 is 8.42 Å². The average Bonchev–Trinajstić information content (AvgIpc) is 2.86. The summed E-state index contributed by atoms with van der Waals surface area (Å²) in [5, 5.41) is 6.51. The Labute approximate surface area is 98.7 Å². The quantitative estimate of drug-likeness (QED) is 0.727. The zero-order chi connectivity index (χ0) is 12.5. The second-order valence-electron chi connectivity index (χ2n) is 3.66. The van der Waals surface area contributed by atoms with Crippen molar-refractivity contribution in [2.75, 3.05) is 0 Å². The molecule has 2 aromatic rings. The number of aromatic amines is 2. The highest BCUT2D eigenvalue weighted by Gasteiger charge is 2.21. The molecule has 0 aromatic carbocycles. The van der Waals surface area contributed by atoms with Gasteiger partial charge in [0, 0.05) is 11.9 Å². The van der Waals surface area contributed by atoms with Gasteiger partial charge < -0.3 is 4.98 Å². The number of aryl methyl sites for hydroxylation is 2. The van der Waals surface area contributed by atoms with Crippen molar-refractivity contribution in [2.45, 2.75) is 25.3 Å². The smallest absolute Gasteiger partial charge is 0.244 e. The Hall–Kier alpha value is -1.67. The molecular formula is C9H13N5O2S. The fraction of sp³-hybridized carbons (Fsp3) is 0.333. The zero-order valence-corrected chi connectivity index (χ0v) is 10.3. The molecule has 2 rings (SSSR count). The van der Waals surface area contributed by atoms with E-state index in [-0.39, 0.29) is 11.4 Å². The fourth-order valence-electron chi connectivity index (χ4n) is 1.56. The van der Waals surface area contributed by atoms with Crippen LogP contribution in [0.4, 0.5) is 0 Å². The summed E-state index contributed by atoms with van der Waals surface area (Å²) in [4.78, 5) is 6.84. The topological polar surface area (TPSA) is 104 Å². The van der Waals surface area contributed by atoms with Crippen LogP contribution in [0.2, 0.25) is 0 Å². The molecule has 0 saturated carbocycles. The van der Waals surface area contributed by atoms with Crippen LogP contribution in [0.15, 0.2) is 17.4 Å². The zero-order valence-electron chi connectivity index (χ0n) is 9.48. The Morgan fingerprint density at radius 3 is 2.71 bits per heavy atom. The summed E-state index contributed by atoms with van der Waals surface area (Å²) in [5.74, 6) is 0. The molecule has 2 aromatic heterocycles. The second kappa shape index (κ2) is 4.30. The molecule has 0 aliphatic carbocycles. The molecular weight excluding hydrogens is 242 g/mol. The molecule has 92 valence electrons. The highest BCUT2D eigenvalue weighted by Crippen LogP contribution is 2.16. The number of aromatic nitrogens is 4. The Morgan fingerprint density at radius 2 is 2.18 bits per heavy atom. The first kappa shape index (κ1) is 11.8. The fourth-order valence-corrected chi connectivity index (χ4v) is 2.94. The van der Waals surface area contributed by atoms with Crippen LogP contribution in [0.25, 0.3) is 0 Å². The van der Waals surface area contributed by atoms with Crippen molar-refractivity contribution in [3.05, 3.63) is 29.6 Å². The largest absolute Gasteiger partial charge is 0.347 e. The average molecular weight is 255 g/mol. The van der Waals surface area contributed by atoms with Gasteiger partial charge in [-0.15, -0.1) is 0 Å². The summed E-state index contributed by atoms with van der Waals surface area (Å²) in [5.41, 5.74) is 1.69. The number of rotatable bonds is 4. The van der Waals surface area contributed by atoms with E-state index in [9.17, 15) is 8.42 Å². The maximum absolute atomic E-state index is 12.0.